The molecule has 0 bridgehead atoms. The maximum atomic E-state index is 13.8. The van der Waals surface area contributed by atoms with Crippen molar-refractivity contribution in [1.29, 1.82) is 0 Å². The van der Waals surface area contributed by atoms with Crippen molar-refractivity contribution in [3.63, 3.8) is 0 Å². The van der Waals surface area contributed by atoms with Crippen molar-refractivity contribution < 1.29 is 18.4 Å². The number of carbonyl (C=O) groups excluding carboxylic acids is 2. The zero-order valence-electron chi connectivity index (χ0n) is 15.1. The van der Waals surface area contributed by atoms with Crippen LogP contribution in [0.2, 0.25) is 0 Å². The number of hydrogen-bond donors (Lipinski definition) is 2. The van der Waals surface area contributed by atoms with Crippen molar-refractivity contribution in [3.8, 4) is 11.3 Å². The van der Waals surface area contributed by atoms with Gasteiger partial charge in [-0.05, 0) is 54.8 Å². The van der Waals surface area contributed by atoms with Crippen LogP contribution in [0, 0.1) is 11.7 Å². The molecule has 0 atom stereocenters. The van der Waals surface area contributed by atoms with Gasteiger partial charge in [-0.3, -0.25) is 9.59 Å². The third-order valence-electron chi connectivity index (χ3n) is 4.56. The lowest BCUT2D eigenvalue weighted by molar-refractivity contribution is -0.117. The quantitative estimate of drug-likeness (QED) is 0.669. The zero-order chi connectivity index (χ0) is 19.5. The number of amides is 2. The molecular weight excluding hydrogens is 359 g/mol. The Morgan fingerprint density at radius 1 is 1.04 bits per heavy atom. The average Bonchev–Trinajstić information content (AvgIpc) is 3.44. The molecule has 0 radical (unpaired) electrons. The first-order valence-electron chi connectivity index (χ1n) is 9.13. The van der Waals surface area contributed by atoms with Gasteiger partial charge in [0.15, 0.2) is 5.76 Å². The van der Waals surface area contributed by atoms with Crippen LogP contribution in [0.15, 0.2) is 65.1 Å². The van der Waals surface area contributed by atoms with Gasteiger partial charge in [-0.2, -0.15) is 0 Å². The Kier molecular flexibility index (Phi) is 4.93. The number of benzene rings is 2. The number of carbonyl (C=O) groups is 2. The van der Waals surface area contributed by atoms with Gasteiger partial charge in [-0.1, -0.05) is 24.3 Å². The van der Waals surface area contributed by atoms with Crippen LogP contribution < -0.4 is 10.6 Å². The molecule has 1 fully saturated rings. The Hall–Kier alpha value is -3.41. The summed E-state index contributed by atoms with van der Waals surface area (Å²) in [6, 6.07) is 16.7. The molecule has 1 aliphatic rings. The molecule has 0 saturated heterocycles. The molecule has 1 aliphatic carbocycles. The van der Waals surface area contributed by atoms with E-state index in [9.17, 15) is 14.0 Å². The number of hydrogen-bond acceptors (Lipinski definition) is 3. The predicted molar refractivity (Wildman–Crippen MR) is 103 cm³/mol. The minimum Gasteiger partial charge on any atom is -0.451 e. The molecule has 4 rings (SSSR count). The Morgan fingerprint density at radius 2 is 1.86 bits per heavy atom. The molecule has 1 saturated carbocycles. The van der Waals surface area contributed by atoms with Crippen LogP contribution in [0.4, 0.5) is 10.1 Å². The Bertz CT molecular complexity index is 1020. The second-order valence-electron chi connectivity index (χ2n) is 6.79. The largest absolute Gasteiger partial charge is 0.451 e. The molecule has 0 aliphatic heterocycles. The highest BCUT2D eigenvalue weighted by Gasteiger charge is 2.29. The maximum absolute atomic E-state index is 13.8. The van der Waals surface area contributed by atoms with Crippen LogP contribution in [-0.4, -0.2) is 11.8 Å². The molecule has 6 heteroatoms. The Balaban J connectivity index is 1.38. The lowest BCUT2D eigenvalue weighted by Gasteiger charge is -2.08. The van der Waals surface area contributed by atoms with Gasteiger partial charge in [0.05, 0.1) is 5.56 Å². The molecule has 0 unspecified atom stereocenters. The van der Waals surface area contributed by atoms with Crippen molar-refractivity contribution in [2.75, 3.05) is 5.32 Å². The molecule has 1 heterocycles. The molecular formula is C22H19FN2O3. The fraction of sp³-hybridized carbons (Fsp3) is 0.182. The molecule has 3 aromatic rings. The summed E-state index contributed by atoms with van der Waals surface area (Å²) in [6.45, 7) is 0.279. The molecule has 0 spiro atoms. The fourth-order valence-electron chi connectivity index (χ4n) is 2.88. The second-order valence-corrected chi connectivity index (χ2v) is 6.79. The van der Waals surface area contributed by atoms with Gasteiger partial charge in [0, 0.05) is 18.2 Å². The van der Waals surface area contributed by atoms with E-state index in [1.807, 2.05) is 24.3 Å². The summed E-state index contributed by atoms with van der Waals surface area (Å²) in [6.07, 6.45) is 1.89. The summed E-state index contributed by atoms with van der Waals surface area (Å²) in [5, 5.41) is 5.66. The van der Waals surface area contributed by atoms with Gasteiger partial charge in [-0.15, -0.1) is 0 Å². The fourth-order valence-corrected chi connectivity index (χ4v) is 2.88. The van der Waals surface area contributed by atoms with Crippen molar-refractivity contribution in [1.82, 2.24) is 5.32 Å². The lowest BCUT2D eigenvalue weighted by Crippen LogP contribution is -2.22. The van der Waals surface area contributed by atoms with E-state index in [2.05, 4.69) is 10.6 Å². The highest BCUT2D eigenvalue weighted by atomic mass is 19.1. The Morgan fingerprint density at radius 3 is 2.64 bits per heavy atom. The first-order valence-corrected chi connectivity index (χ1v) is 9.13. The minimum absolute atomic E-state index is 0.0393. The van der Waals surface area contributed by atoms with Crippen molar-refractivity contribution in [2.24, 2.45) is 5.92 Å². The van der Waals surface area contributed by atoms with Gasteiger partial charge in [0.1, 0.15) is 11.6 Å². The van der Waals surface area contributed by atoms with Crippen LogP contribution in [-0.2, 0) is 11.3 Å². The molecule has 2 amide bonds. The third kappa shape index (κ3) is 4.11. The summed E-state index contributed by atoms with van der Waals surface area (Å²) in [5.41, 5.74) is 1.87. The summed E-state index contributed by atoms with van der Waals surface area (Å²) in [4.78, 5) is 24.2. The molecule has 2 aromatic carbocycles. The predicted octanol–water partition coefficient (Wildman–Crippen LogP) is 4.36. The maximum Gasteiger partial charge on any atom is 0.287 e. The van der Waals surface area contributed by atoms with Crippen LogP contribution >= 0.6 is 0 Å². The number of halogens is 1. The van der Waals surface area contributed by atoms with E-state index in [1.165, 1.54) is 12.1 Å². The normalized spacial score (nSPS) is 13.2. The minimum atomic E-state index is -0.408. The first-order chi connectivity index (χ1) is 13.6. The second kappa shape index (κ2) is 7.68. The zero-order valence-corrected chi connectivity index (χ0v) is 15.1. The molecule has 1 aromatic heterocycles. The summed E-state index contributed by atoms with van der Waals surface area (Å²) in [5.74, 6) is -0.225. The van der Waals surface area contributed by atoms with E-state index < -0.39 is 11.7 Å². The average molecular weight is 378 g/mol. The number of rotatable bonds is 6. The monoisotopic (exact) mass is 378 g/mol. The van der Waals surface area contributed by atoms with Gasteiger partial charge in [-0.25, -0.2) is 4.39 Å². The van der Waals surface area contributed by atoms with Crippen molar-refractivity contribution in [3.05, 3.63) is 77.8 Å². The number of furan rings is 1. The van der Waals surface area contributed by atoms with Crippen molar-refractivity contribution in [2.45, 2.75) is 19.4 Å². The lowest BCUT2D eigenvalue weighted by atomic mass is 10.1. The molecule has 142 valence electrons. The van der Waals surface area contributed by atoms with E-state index in [4.69, 9.17) is 4.42 Å². The van der Waals surface area contributed by atoms with Crippen LogP contribution in [0.25, 0.3) is 11.3 Å². The molecule has 5 nitrogen and oxygen atoms in total. The van der Waals surface area contributed by atoms with E-state index >= 15 is 0 Å². The van der Waals surface area contributed by atoms with Gasteiger partial charge in [0.2, 0.25) is 5.91 Å². The SMILES string of the molecule is O=C(NCc1cccc(NC(=O)C2CC2)c1)c1ccc(-c2ccccc2F)o1. The highest BCUT2D eigenvalue weighted by molar-refractivity contribution is 5.94. The van der Waals surface area contributed by atoms with Crippen LogP contribution in [0.1, 0.15) is 29.0 Å². The number of anilines is 1. The summed E-state index contributed by atoms with van der Waals surface area (Å²) >= 11 is 0. The third-order valence-corrected chi connectivity index (χ3v) is 4.56. The topological polar surface area (TPSA) is 71.3 Å². The van der Waals surface area contributed by atoms with E-state index in [-0.39, 0.29) is 24.1 Å². The van der Waals surface area contributed by atoms with Gasteiger partial charge >= 0.3 is 0 Å². The van der Waals surface area contributed by atoms with E-state index in [1.54, 1.807) is 24.3 Å². The highest BCUT2D eigenvalue weighted by Crippen LogP contribution is 2.30. The molecule has 28 heavy (non-hydrogen) atoms. The van der Waals surface area contributed by atoms with E-state index in [0.29, 0.717) is 17.0 Å². The van der Waals surface area contributed by atoms with Crippen LogP contribution in [0.3, 0.4) is 0 Å². The van der Waals surface area contributed by atoms with E-state index in [0.717, 1.165) is 18.4 Å². The van der Waals surface area contributed by atoms with Crippen LogP contribution in [0.5, 0.6) is 0 Å². The van der Waals surface area contributed by atoms with Gasteiger partial charge < -0.3 is 15.1 Å². The first kappa shape index (κ1) is 18.0. The standard InChI is InChI=1S/C22H19FN2O3/c23-18-7-2-1-6-17(18)19-10-11-20(28-19)22(27)24-13-14-4-3-5-16(12-14)25-21(26)15-8-9-15/h1-7,10-12,15H,8-9,13H2,(H,24,27)(H,25,26). The summed E-state index contributed by atoms with van der Waals surface area (Å²) < 4.78 is 19.3. The van der Waals surface area contributed by atoms with Crippen molar-refractivity contribution >= 4 is 17.5 Å². The summed E-state index contributed by atoms with van der Waals surface area (Å²) in [7, 11) is 0. The molecule has 2 N–H and O–H groups in total. The number of nitrogens with one attached hydrogen (secondary N) is 2. The smallest absolute Gasteiger partial charge is 0.287 e. The van der Waals surface area contributed by atoms with Gasteiger partial charge in [0.25, 0.3) is 5.91 Å². The Labute approximate surface area is 161 Å².